The molecule has 1 N–H and O–H groups in total. The highest BCUT2D eigenvalue weighted by atomic mass is 16.5. The fraction of sp³-hybridized carbons (Fsp3) is 0.188. The first-order valence-corrected chi connectivity index (χ1v) is 6.96. The average molecular weight is 278 g/mol. The Hall–Kier alpha value is -2.69. The van der Waals surface area contributed by atoms with E-state index in [1.807, 2.05) is 18.2 Å². The average Bonchev–Trinajstić information content (AvgIpc) is 3.05. The van der Waals surface area contributed by atoms with Crippen molar-refractivity contribution in [3.05, 3.63) is 60.2 Å². The van der Waals surface area contributed by atoms with Crippen molar-refractivity contribution >= 4 is 5.69 Å². The van der Waals surface area contributed by atoms with Crippen molar-refractivity contribution < 1.29 is 4.52 Å². The van der Waals surface area contributed by atoms with Crippen LogP contribution in [-0.4, -0.2) is 21.7 Å². The fourth-order valence-corrected chi connectivity index (χ4v) is 2.64. The van der Waals surface area contributed by atoms with Gasteiger partial charge in [-0.25, -0.2) is 0 Å². The molecule has 5 heteroatoms. The smallest absolute Gasteiger partial charge is 0.232 e. The molecule has 0 saturated carbocycles. The van der Waals surface area contributed by atoms with Crippen LogP contribution in [0.3, 0.4) is 0 Å². The molecular weight excluding hydrogens is 264 g/mol. The summed E-state index contributed by atoms with van der Waals surface area (Å²) in [6.45, 7) is 0.814. The number of pyridine rings is 1. The molecule has 1 aromatic carbocycles. The minimum absolute atomic E-state index is 0.211. The van der Waals surface area contributed by atoms with E-state index in [9.17, 15) is 0 Å². The topological polar surface area (TPSA) is 63.8 Å². The van der Waals surface area contributed by atoms with E-state index in [4.69, 9.17) is 4.52 Å². The van der Waals surface area contributed by atoms with E-state index in [0.717, 1.165) is 18.5 Å². The normalized spacial score (nSPS) is 17.0. The lowest BCUT2D eigenvalue weighted by Crippen LogP contribution is -2.21. The van der Waals surface area contributed by atoms with Crippen LogP contribution in [0.25, 0.3) is 11.4 Å². The highest BCUT2D eigenvalue weighted by molar-refractivity contribution is 5.55. The van der Waals surface area contributed by atoms with Crippen LogP contribution in [0, 0.1) is 0 Å². The fourth-order valence-electron chi connectivity index (χ4n) is 2.64. The number of benzene rings is 1. The van der Waals surface area contributed by atoms with Gasteiger partial charge < -0.3 is 9.84 Å². The molecule has 0 radical (unpaired) electrons. The van der Waals surface area contributed by atoms with Gasteiger partial charge in [-0.3, -0.25) is 4.98 Å². The van der Waals surface area contributed by atoms with Gasteiger partial charge in [-0.1, -0.05) is 23.4 Å². The molecule has 1 aliphatic heterocycles. The summed E-state index contributed by atoms with van der Waals surface area (Å²) in [4.78, 5) is 8.53. The molecule has 0 bridgehead atoms. The second-order valence-corrected chi connectivity index (χ2v) is 5.13. The Morgan fingerprint density at radius 3 is 2.86 bits per heavy atom. The molecule has 3 aromatic rings. The van der Waals surface area contributed by atoms with Crippen molar-refractivity contribution in [2.45, 2.75) is 12.3 Å². The van der Waals surface area contributed by atoms with E-state index >= 15 is 0 Å². The minimum Gasteiger partial charge on any atom is -0.384 e. The lowest BCUT2D eigenvalue weighted by atomic mass is 9.94. The quantitative estimate of drug-likeness (QED) is 0.781. The van der Waals surface area contributed by atoms with Crippen molar-refractivity contribution in [2.75, 3.05) is 11.9 Å². The molecule has 0 fully saturated rings. The van der Waals surface area contributed by atoms with Gasteiger partial charge in [0.2, 0.25) is 11.7 Å². The van der Waals surface area contributed by atoms with E-state index in [2.05, 4.69) is 38.6 Å². The molecular formula is C16H14N4O. The van der Waals surface area contributed by atoms with E-state index < -0.39 is 0 Å². The summed E-state index contributed by atoms with van der Waals surface area (Å²) < 4.78 is 5.45. The summed E-state index contributed by atoms with van der Waals surface area (Å²) in [5.41, 5.74) is 3.41. The third kappa shape index (κ3) is 2.27. The number of hydrogen-bond acceptors (Lipinski definition) is 5. The molecule has 104 valence electrons. The number of anilines is 1. The van der Waals surface area contributed by atoms with Gasteiger partial charge in [-0.15, -0.1) is 0 Å². The summed E-state index contributed by atoms with van der Waals surface area (Å²) in [5, 5.41) is 7.50. The zero-order chi connectivity index (χ0) is 14.1. The largest absolute Gasteiger partial charge is 0.384 e. The number of aromatic nitrogens is 3. The van der Waals surface area contributed by atoms with Gasteiger partial charge in [0.05, 0.1) is 5.92 Å². The third-order valence-corrected chi connectivity index (χ3v) is 3.75. The van der Waals surface area contributed by atoms with Gasteiger partial charge in [0, 0.05) is 30.2 Å². The monoisotopic (exact) mass is 278 g/mol. The zero-order valence-electron chi connectivity index (χ0n) is 11.4. The van der Waals surface area contributed by atoms with Crippen LogP contribution < -0.4 is 5.32 Å². The van der Waals surface area contributed by atoms with E-state index in [0.29, 0.717) is 11.7 Å². The highest BCUT2D eigenvalue weighted by Crippen LogP contribution is 2.30. The van der Waals surface area contributed by atoms with Crippen LogP contribution in [0.15, 0.2) is 53.3 Å². The first-order chi connectivity index (χ1) is 10.4. The molecule has 0 saturated heterocycles. The van der Waals surface area contributed by atoms with Crippen molar-refractivity contribution in [1.29, 1.82) is 0 Å². The van der Waals surface area contributed by atoms with Crippen LogP contribution in [0.4, 0.5) is 5.69 Å². The summed E-state index contributed by atoms with van der Waals surface area (Å²) in [6, 6.07) is 12.1. The Kier molecular flexibility index (Phi) is 2.88. The molecule has 0 amide bonds. The lowest BCUT2D eigenvalue weighted by Gasteiger charge is -2.23. The van der Waals surface area contributed by atoms with E-state index in [1.165, 1.54) is 11.3 Å². The van der Waals surface area contributed by atoms with Crippen molar-refractivity contribution in [3.63, 3.8) is 0 Å². The van der Waals surface area contributed by atoms with Gasteiger partial charge in [0.25, 0.3) is 0 Å². The summed E-state index contributed by atoms with van der Waals surface area (Å²) in [6.07, 6.45) is 4.37. The lowest BCUT2D eigenvalue weighted by molar-refractivity contribution is 0.354. The Balaban J connectivity index is 1.60. The zero-order valence-corrected chi connectivity index (χ0v) is 11.4. The van der Waals surface area contributed by atoms with Crippen LogP contribution in [-0.2, 0) is 6.42 Å². The summed E-state index contributed by atoms with van der Waals surface area (Å²) >= 11 is 0. The Labute approximate surface area is 122 Å². The predicted octanol–water partition coefficient (Wildman–Crippen LogP) is 2.88. The second kappa shape index (κ2) is 5.01. The van der Waals surface area contributed by atoms with Crippen molar-refractivity contribution in [1.82, 2.24) is 15.1 Å². The number of para-hydroxylation sites is 1. The maximum atomic E-state index is 5.45. The van der Waals surface area contributed by atoms with Crippen LogP contribution in [0.2, 0.25) is 0 Å². The predicted molar refractivity (Wildman–Crippen MR) is 78.9 cm³/mol. The molecule has 1 unspecified atom stereocenters. The maximum Gasteiger partial charge on any atom is 0.232 e. The molecule has 21 heavy (non-hydrogen) atoms. The van der Waals surface area contributed by atoms with Gasteiger partial charge >= 0.3 is 0 Å². The number of nitrogens with zero attached hydrogens (tertiary/aromatic N) is 3. The third-order valence-electron chi connectivity index (χ3n) is 3.75. The molecule has 2 aromatic heterocycles. The maximum absolute atomic E-state index is 5.45. The summed E-state index contributed by atoms with van der Waals surface area (Å²) in [5.74, 6) is 1.51. The number of rotatable bonds is 2. The minimum atomic E-state index is 0.211. The molecule has 0 spiro atoms. The van der Waals surface area contributed by atoms with E-state index in [1.54, 1.807) is 12.4 Å². The second-order valence-electron chi connectivity index (χ2n) is 5.13. The number of nitrogens with one attached hydrogen (secondary N) is 1. The molecule has 3 heterocycles. The Morgan fingerprint density at radius 1 is 1.10 bits per heavy atom. The van der Waals surface area contributed by atoms with Crippen molar-refractivity contribution in [2.24, 2.45) is 0 Å². The molecule has 1 atom stereocenters. The van der Waals surface area contributed by atoms with Gasteiger partial charge in [-0.2, -0.15) is 4.98 Å². The first kappa shape index (κ1) is 12.1. The van der Waals surface area contributed by atoms with Gasteiger partial charge in [-0.05, 0) is 30.2 Å². The van der Waals surface area contributed by atoms with Gasteiger partial charge in [0.15, 0.2) is 0 Å². The molecule has 5 nitrogen and oxygen atoms in total. The number of fused-ring (bicyclic) bond motifs is 1. The molecule has 0 aliphatic carbocycles. The van der Waals surface area contributed by atoms with E-state index in [-0.39, 0.29) is 5.92 Å². The van der Waals surface area contributed by atoms with Crippen LogP contribution in [0.1, 0.15) is 17.4 Å². The Bertz CT molecular complexity index is 754. The number of hydrogen-bond donors (Lipinski definition) is 1. The summed E-state index contributed by atoms with van der Waals surface area (Å²) in [7, 11) is 0. The van der Waals surface area contributed by atoms with Crippen LogP contribution in [0.5, 0.6) is 0 Å². The highest BCUT2D eigenvalue weighted by Gasteiger charge is 2.24. The molecule has 4 rings (SSSR count). The SMILES string of the molecule is c1ccc2c(c1)CC(c1nc(-c3ccncc3)no1)CN2. The van der Waals surface area contributed by atoms with Gasteiger partial charge in [0.1, 0.15) is 0 Å². The first-order valence-electron chi connectivity index (χ1n) is 6.96. The Morgan fingerprint density at radius 2 is 1.95 bits per heavy atom. The standard InChI is InChI=1S/C16H14N4O/c1-2-4-14-12(3-1)9-13(10-18-14)16-19-15(20-21-16)11-5-7-17-8-6-11/h1-8,13,18H,9-10H2. The van der Waals surface area contributed by atoms with Crippen LogP contribution >= 0.6 is 0 Å². The molecule has 1 aliphatic rings. The van der Waals surface area contributed by atoms with Crippen molar-refractivity contribution in [3.8, 4) is 11.4 Å².